The van der Waals surface area contributed by atoms with Crippen molar-refractivity contribution in [3.05, 3.63) is 28.0 Å². The lowest BCUT2D eigenvalue weighted by molar-refractivity contribution is -0.402. The van der Waals surface area contributed by atoms with Gasteiger partial charge in [0.25, 0.3) is 5.91 Å². The molecule has 0 bridgehead atoms. The van der Waals surface area contributed by atoms with Crippen LogP contribution in [0.5, 0.6) is 0 Å². The number of furan rings is 1. The fourth-order valence-electron chi connectivity index (χ4n) is 2.03. The predicted octanol–water partition coefficient (Wildman–Crippen LogP) is 1.06. The molecule has 0 spiro atoms. The van der Waals surface area contributed by atoms with Gasteiger partial charge >= 0.3 is 5.88 Å². The third-order valence-electron chi connectivity index (χ3n) is 3.07. The molecular formula is C11H15N3O4. The Hall–Kier alpha value is -1.89. The highest BCUT2D eigenvalue weighted by molar-refractivity contribution is 5.91. The molecule has 7 nitrogen and oxygen atoms in total. The summed E-state index contributed by atoms with van der Waals surface area (Å²) < 4.78 is 4.85. The van der Waals surface area contributed by atoms with Crippen LogP contribution in [0.1, 0.15) is 30.3 Å². The number of hydrogen-bond donors (Lipinski definition) is 2. The molecule has 1 aliphatic heterocycles. The van der Waals surface area contributed by atoms with Gasteiger partial charge in [-0.1, -0.05) is 0 Å². The van der Waals surface area contributed by atoms with Gasteiger partial charge in [0.2, 0.25) is 0 Å². The summed E-state index contributed by atoms with van der Waals surface area (Å²) in [6.45, 7) is 2.94. The molecule has 0 saturated carbocycles. The monoisotopic (exact) mass is 253 g/mol. The van der Waals surface area contributed by atoms with Crippen LogP contribution in [0.2, 0.25) is 0 Å². The van der Waals surface area contributed by atoms with Crippen molar-refractivity contribution in [2.75, 3.05) is 6.54 Å². The van der Waals surface area contributed by atoms with E-state index in [1.807, 2.05) is 6.92 Å². The number of nitrogens with zero attached hydrogens (tertiary/aromatic N) is 1. The van der Waals surface area contributed by atoms with Gasteiger partial charge in [-0.25, -0.2) is 0 Å². The van der Waals surface area contributed by atoms with Crippen LogP contribution >= 0.6 is 0 Å². The van der Waals surface area contributed by atoms with Crippen LogP contribution in [0.4, 0.5) is 5.88 Å². The molecule has 0 aliphatic carbocycles. The Morgan fingerprint density at radius 2 is 2.39 bits per heavy atom. The second-order valence-electron chi connectivity index (χ2n) is 4.36. The summed E-state index contributed by atoms with van der Waals surface area (Å²) in [7, 11) is 0. The van der Waals surface area contributed by atoms with Gasteiger partial charge in [0.1, 0.15) is 4.92 Å². The summed E-state index contributed by atoms with van der Waals surface area (Å²) in [5, 5.41) is 16.5. The van der Waals surface area contributed by atoms with E-state index in [-0.39, 0.29) is 17.8 Å². The van der Waals surface area contributed by atoms with Gasteiger partial charge < -0.3 is 15.1 Å². The largest absolute Gasteiger partial charge is 0.433 e. The van der Waals surface area contributed by atoms with Crippen LogP contribution in [0.15, 0.2) is 16.5 Å². The number of amides is 1. The molecule has 0 aromatic carbocycles. The molecule has 7 heteroatoms. The molecule has 1 aromatic rings. The first kappa shape index (κ1) is 12.6. The molecule has 2 heterocycles. The van der Waals surface area contributed by atoms with Crippen LogP contribution in [-0.2, 0) is 0 Å². The SMILES string of the molecule is CC1NCCCC1NC(=O)c1ccc([N+](=O)[O-])o1. The van der Waals surface area contributed by atoms with Gasteiger partial charge in [0, 0.05) is 12.1 Å². The van der Waals surface area contributed by atoms with Crippen LogP contribution in [0.3, 0.4) is 0 Å². The van der Waals surface area contributed by atoms with Gasteiger partial charge in [-0.2, -0.15) is 0 Å². The molecular weight excluding hydrogens is 238 g/mol. The molecule has 1 saturated heterocycles. The Morgan fingerprint density at radius 1 is 1.61 bits per heavy atom. The van der Waals surface area contributed by atoms with E-state index in [1.165, 1.54) is 12.1 Å². The smallest absolute Gasteiger partial charge is 0.395 e. The molecule has 18 heavy (non-hydrogen) atoms. The second-order valence-corrected chi connectivity index (χ2v) is 4.36. The Morgan fingerprint density at radius 3 is 3.00 bits per heavy atom. The van der Waals surface area contributed by atoms with Gasteiger partial charge in [0.15, 0.2) is 5.76 Å². The Labute approximate surface area is 104 Å². The number of piperidine rings is 1. The molecule has 2 N–H and O–H groups in total. The molecule has 1 aromatic heterocycles. The maximum Gasteiger partial charge on any atom is 0.433 e. The number of rotatable bonds is 3. The summed E-state index contributed by atoms with van der Waals surface area (Å²) in [6, 6.07) is 2.70. The maximum absolute atomic E-state index is 11.8. The highest BCUT2D eigenvalue weighted by Crippen LogP contribution is 2.16. The van der Waals surface area contributed by atoms with E-state index in [2.05, 4.69) is 10.6 Å². The van der Waals surface area contributed by atoms with Crippen molar-refractivity contribution >= 4 is 11.8 Å². The molecule has 1 fully saturated rings. The van der Waals surface area contributed by atoms with E-state index in [0.29, 0.717) is 0 Å². The van der Waals surface area contributed by atoms with E-state index in [1.54, 1.807) is 0 Å². The molecule has 1 aliphatic rings. The van der Waals surface area contributed by atoms with E-state index in [9.17, 15) is 14.9 Å². The lowest BCUT2D eigenvalue weighted by Crippen LogP contribution is -2.51. The zero-order valence-electron chi connectivity index (χ0n) is 10.0. The average Bonchev–Trinajstić information content (AvgIpc) is 2.81. The molecule has 2 unspecified atom stereocenters. The van der Waals surface area contributed by atoms with Crippen LogP contribution < -0.4 is 10.6 Å². The van der Waals surface area contributed by atoms with Gasteiger partial charge in [-0.3, -0.25) is 14.9 Å². The zero-order chi connectivity index (χ0) is 13.1. The standard InChI is InChI=1S/C11H15N3O4/c1-7-8(3-2-6-12-7)13-11(15)9-4-5-10(18-9)14(16)17/h4-5,7-8,12H,2-3,6H2,1H3,(H,13,15). The van der Waals surface area contributed by atoms with Crippen LogP contribution in [0.25, 0.3) is 0 Å². The first-order valence-electron chi connectivity index (χ1n) is 5.86. The van der Waals surface area contributed by atoms with Crippen LogP contribution in [-0.4, -0.2) is 29.5 Å². The predicted molar refractivity (Wildman–Crippen MR) is 63.3 cm³/mol. The van der Waals surface area contributed by atoms with Crippen molar-refractivity contribution < 1.29 is 14.1 Å². The Kier molecular flexibility index (Phi) is 3.61. The third-order valence-corrected chi connectivity index (χ3v) is 3.07. The molecule has 2 rings (SSSR count). The quantitative estimate of drug-likeness (QED) is 0.620. The lowest BCUT2D eigenvalue weighted by Gasteiger charge is -2.30. The second kappa shape index (κ2) is 5.18. The summed E-state index contributed by atoms with van der Waals surface area (Å²) in [6.07, 6.45) is 1.89. The number of hydrogen-bond acceptors (Lipinski definition) is 5. The zero-order valence-corrected chi connectivity index (χ0v) is 10.0. The highest BCUT2D eigenvalue weighted by atomic mass is 16.6. The summed E-state index contributed by atoms with van der Waals surface area (Å²) in [5.41, 5.74) is 0. The van der Waals surface area contributed by atoms with Crippen molar-refractivity contribution in [3.63, 3.8) is 0 Å². The minimum Gasteiger partial charge on any atom is -0.395 e. The minimum atomic E-state index is -0.665. The molecule has 0 radical (unpaired) electrons. The minimum absolute atomic E-state index is 0.0235. The van der Waals surface area contributed by atoms with Gasteiger partial charge in [0.05, 0.1) is 6.07 Å². The molecule has 2 atom stereocenters. The van der Waals surface area contributed by atoms with E-state index in [0.717, 1.165) is 19.4 Å². The summed E-state index contributed by atoms with van der Waals surface area (Å²) in [5.74, 6) is -0.863. The first-order valence-corrected chi connectivity index (χ1v) is 5.86. The highest BCUT2D eigenvalue weighted by Gasteiger charge is 2.25. The summed E-state index contributed by atoms with van der Waals surface area (Å²) in [4.78, 5) is 21.6. The number of nitrogens with one attached hydrogen (secondary N) is 2. The van der Waals surface area contributed by atoms with E-state index in [4.69, 9.17) is 4.42 Å². The van der Waals surface area contributed by atoms with Crippen molar-refractivity contribution in [1.29, 1.82) is 0 Å². The fourth-order valence-corrected chi connectivity index (χ4v) is 2.03. The number of nitro groups is 1. The van der Waals surface area contributed by atoms with E-state index < -0.39 is 16.7 Å². The van der Waals surface area contributed by atoms with Gasteiger partial charge in [-0.15, -0.1) is 0 Å². The third kappa shape index (κ3) is 2.67. The molecule has 1 amide bonds. The topological polar surface area (TPSA) is 97.4 Å². The lowest BCUT2D eigenvalue weighted by atomic mass is 10.00. The first-order chi connectivity index (χ1) is 8.58. The van der Waals surface area contributed by atoms with E-state index >= 15 is 0 Å². The summed E-state index contributed by atoms with van der Waals surface area (Å²) >= 11 is 0. The van der Waals surface area contributed by atoms with Crippen molar-refractivity contribution in [1.82, 2.24) is 10.6 Å². The number of carbonyl (C=O) groups is 1. The Bertz CT molecular complexity index is 457. The Balaban J connectivity index is 2.00. The number of carbonyl (C=O) groups excluding carboxylic acids is 1. The van der Waals surface area contributed by atoms with Crippen LogP contribution in [0, 0.1) is 10.1 Å². The van der Waals surface area contributed by atoms with Crippen molar-refractivity contribution in [2.24, 2.45) is 0 Å². The average molecular weight is 253 g/mol. The van der Waals surface area contributed by atoms with Crippen molar-refractivity contribution in [3.8, 4) is 0 Å². The van der Waals surface area contributed by atoms with Gasteiger partial charge in [-0.05, 0) is 32.4 Å². The van der Waals surface area contributed by atoms with Crippen molar-refractivity contribution in [2.45, 2.75) is 31.8 Å². The fraction of sp³-hybridized carbons (Fsp3) is 0.545. The molecule has 98 valence electrons. The maximum atomic E-state index is 11.8. The normalized spacial score (nSPS) is 23.6.